The second kappa shape index (κ2) is 7.58. The lowest BCUT2D eigenvalue weighted by Crippen LogP contribution is -2.04. The summed E-state index contributed by atoms with van der Waals surface area (Å²) in [6.45, 7) is 0. The van der Waals surface area contributed by atoms with Gasteiger partial charge in [0.05, 0.1) is 0 Å². The molecule has 1 heterocycles. The Morgan fingerprint density at radius 2 is 1.48 bits per heavy atom. The van der Waals surface area contributed by atoms with Gasteiger partial charge in [-0.2, -0.15) is 0 Å². The number of benzene rings is 4. The molecule has 3 heteroatoms. The highest BCUT2D eigenvalue weighted by atomic mass is 79.9. The minimum Gasteiger partial charge on any atom is -0.294 e. The van der Waals surface area contributed by atoms with E-state index in [1.165, 1.54) is 25.7 Å². The highest BCUT2D eigenvalue weighted by molar-refractivity contribution is 9.10. The van der Waals surface area contributed by atoms with E-state index in [0.29, 0.717) is 6.42 Å². The van der Waals surface area contributed by atoms with Crippen molar-refractivity contribution in [1.82, 2.24) is 0 Å². The summed E-state index contributed by atoms with van der Waals surface area (Å²) in [6.07, 6.45) is 0.380. The molecule has 0 atom stereocenters. The van der Waals surface area contributed by atoms with Gasteiger partial charge in [-0.25, -0.2) is 0 Å². The third-order valence-corrected chi connectivity index (χ3v) is 6.84. The SMILES string of the molecule is O=C(Cc1ccccc1-c1cccc2sc3ccccc3c12)c1cccc(Br)c1. The normalized spacial score (nSPS) is 11.2. The summed E-state index contributed by atoms with van der Waals surface area (Å²) >= 11 is 5.28. The van der Waals surface area contributed by atoms with Crippen LogP contribution in [0.4, 0.5) is 0 Å². The van der Waals surface area contributed by atoms with Gasteiger partial charge in [0, 0.05) is 36.6 Å². The number of rotatable bonds is 4. The molecule has 1 aromatic heterocycles. The van der Waals surface area contributed by atoms with Gasteiger partial charge in [0.1, 0.15) is 0 Å². The fourth-order valence-electron chi connectivity index (χ4n) is 3.87. The molecule has 29 heavy (non-hydrogen) atoms. The highest BCUT2D eigenvalue weighted by Crippen LogP contribution is 2.40. The molecule has 0 saturated carbocycles. The molecule has 1 nitrogen and oxygen atoms in total. The maximum Gasteiger partial charge on any atom is 0.167 e. The van der Waals surface area contributed by atoms with Crippen LogP contribution in [0.3, 0.4) is 0 Å². The van der Waals surface area contributed by atoms with Crippen molar-refractivity contribution in [3.05, 3.63) is 107 Å². The number of thiophene rings is 1. The molecule has 5 rings (SSSR count). The smallest absolute Gasteiger partial charge is 0.167 e. The summed E-state index contributed by atoms with van der Waals surface area (Å²) in [6, 6.07) is 30.9. The lowest BCUT2D eigenvalue weighted by atomic mass is 9.92. The van der Waals surface area contributed by atoms with Crippen molar-refractivity contribution in [2.24, 2.45) is 0 Å². The Morgan fingerprint density at radius 3 is 2.38 bits per heavy atom. The third-order valence-electron chi connectivity index (χ3n) is 5.21. The van der Waals surface area contributed by atoms with Crippen molar-refractivity contribution in [2.45, 2.75) is 6.42 Å². The van der Waals surface area contributed by atoms with Gasteiger partial charge in [0.25, 0.3) is 0 Å². The van der Waals surface area contributed by atoms with E-state index in [2.05, 4.69) is 76.6 Å². The lowest BCUT2D eigenvalue weighted by Gasteiger charge is -2.11. The van der Waals surface area contributed by atoms with Crippen LogP contribution in [0.5, 0.6) is 0 Å². The summed E-state index contributed by atoms with van der Waals surface area (Å²) in [5.41, 5.74) is 4.11. The predicted molar refractivity (Wildman–Crippen MR) is 127 cm³/mol. The van der Waals surface area contributed by atoms with Crippen LogP contribution in [0.2, 0.25) is 0 Å². The number of ketones is 1. The van der Waals surface area contributed by atoms with E-state index in [4.69, 9.17) is 0 Å². The van der Waals surface area contributed by atoms with E-state index >= 15 is 0 Å². The molecular formula is C26H17BrOS. The topological polar surface area (TPSA) is 17.1 Å². The first-order valence-electron chi connectivity index (χ1n) is 9.48. The Balaban J connectivity index is 1.64. The second-order valence-corrected chi connectivity index (χ2v) is 9.04. The number of halogens is 1. The highest BCUT2D eigenvalue weighted by Gasteiger charge is 2.15. The number of hydrogen-bond acceptors (Lipinski definition) is 2. The monoisotopic (exact) mass is 456 g/mol. The van der Waals surface area contributed by atoms with Crippen LogP contribution in [-0.4, -0.2) is 5.78 Å². The van der Waals surface area contributed by atoms with Crippen LogP contribution >= 0.6 is 27.3 Å². The third kappa shape index (κ3) is 3.41. The molecule has 0 unspecified atom stereocenters. The Morgan fingerprint density at radius 1 is 0.759 bits per heavy atom. The molecule has 0 aliphatic carbocycles. The molecule has 0 fully saturated rings. The van der Waals surface area contributed by atoms with Crippen LogP contribution in [0, 0.1) is 0 Å². The van der Waals surface area contributed by atoms with E-state index in [0.717, 1.165) is 21.2 Å². The quantitative estimate of drug-likeness (QED) is 0.251. The molecule has 0 aliphatic heterocycles. The fraction of sp³-hybridized carbons (Fsp3) is 0.0385. The molecule has 4 aromatic carbocycles. The number of carbonyl (C=O) groups excluding carboxylic acids is 1. The van der Waals surface area contributed by atoms with Crippen LogP contribution in [0.25, 0.3) is 31.3 Å². The molecular weight excluding hydrogens is 440 g/mol. The zero-order valence-electron chi connectivity index (χ0n) is 15.6. The van der Waals surface area contributed by atoms with Crippen molar-refractivity contribution >= 4 is 53.2 Å². The number of carbonyl (C=O) groups is 1. The summed E-state index contributed by atoms with van der Waals surface area (Å²) in [7, 11) is 0. The number of fused-ring (bicyclic) bond motifs is 3. The van der Waals surface area contributed by atoms with Gasteiger partial charge in [-0.05, 0) is 41.0 Å². The molecule has 0 N–H and O–H groups in total. The van der Waals surface area contributed by atoms with Crippen molar-refractivity contribution in [3.8, 4) is 11.1 Å². The van der Waals surface area contributed by atoms with E-state index in [1.54, 1.807) is 0 Å². The van der Waals surface area contributed by atoms with Gasteiger partial charge < -0.3 is 0 Å². The van der Waals surface area contributed by atoms with Crippen molar-refractivity contribution in [3.63, 3.8) is 0 Å². The first-order chi connectivity index (χ1) is 14.2. The molecule has 0 aliphatic rings. The van der Waals surface area contributed by atoms with Gasteiger partial charge in [-0.15, -0.1) is 11.3 Å². The molecule has 0 spiro atoms. The second-order valence-electron chi connectivity index (χ2n) is 7.04. The molecule has 0 amide bonds. The maximum atomic E-state index is 13.0. The maximum absolute atomic E-state index is 13.0. The van der Waals surface area contributed by atoms with Crippen molar-refractivity contribution < 1.29 is 4.79 Å². The van der Waals surface area contributed by atoms with Gasteiger partial charge in [0.2, 0.25) is 0 Å². The fourth-order valence-corrected chi connectivity index (χ4v) is 5.40. The Kier molecular flexibility index (Phi) is 4.78. The van der Waals surface area contributed by atoms with Crippen LogP contribution in [0.1, 0.15) is 15.9 Å². The molecule has 0 bridgehead atoms. The molecule has 0 saturated heterocycles. The van der Waals surface area contributed by atoms with Gasteiger partial charge in [0.15, 0.2) is 5.78 Å². The minimum atomic E-state index is 0.126. The van der Waals surface area contributed by atoms with E-state index in [-0.39, 0.29) is 5.78 Å². The summed E-state index contributed by atoms with van der Waals surface area (Å²) in [4.78, 5) is 13.0. The molecule has 5 aromatic rings. The van der Waals surface area contributed by atoms with Gasteiger partial charge in [-0.3, -0.25) is 4.79 Å². The summed E-state index contributed by atoms with van der Waals surface area (Å²) < 4.78 is 3.49. The first kappa shape index (κ1) is 18.3. The largest absolute Gasteiger partial charge is 0.294 e. The summed E-state index contributed by atoms with van der Waals surface area (Å²) in [5, 5.41) is 2.55. The van der Waals surface area contributed by atoms with Crippen molar-refractivity contribution in [1.29, 1.82) is 0 Å². The standard InChI is InChI=1S/C26H17BrOS/c27-19-9-5-8-18(15-19)23(28)16-17-7-1-2-10-20(17)21-12-6-14-25-26(21)22-11-3-4-13-24(22)29-25/h1-15H,16H2. The van der Waals surface area contributed by atoms with Crippen LogP contribution in [-0.2, 0) is 6.42 Å². The zero-order valence-corrected chi connectivity index (χ0v) is 18.0. The van der Waals surface area contributed by atoms with E-state index in [1.807, 2.05) is 41.7 Å². The van der Waals surface area contributed by atoms with Gasteiger partial charge >= 0.3 is 0 Å². The van der Waals surface area contributed by atoms with E-state index < -0.39 is 0 Å². The number of Topliss-reactive ketones (excluding diaryl/α,β-unsaturated/α-hetero) is 1. The van der Waals surface area contributed by atoms with Crippen LogP contribution < -0.4 is 0 Å². The zero-order chi connectivity index (χ0) is 19.8. The average Bonchev–Trinajstić information content (AvgIpc) is 3.13. The first-order valence-corrected chi connectivity index (χ1v) is 11.1. The minimum absolute atomic E-state index is 0.126. The Hall–Kier alpha value is -2.75. The molecule has 0 radical (unpaired) electrons. The van der Waals surface area contributed by atoms with Crippen LogP contribution in [0.15, 0.2) is 95.5 Å². The summed E-state index contributed by atoms with van der Waals surface area (Å²) in [5.74, 6) is 0.126. The number of hydrogen-bond donors (Lipinski definition) is 0. The van der Waals surface area contributed by atoms with Crippen molar-refractivity contribution in [2.75, 3.05) is 0 Å². The Labute approximate surface area is 181 Å². The lowest BCUT2D eigenvalue weighted by molar-refractivity contribution is 0.0993. The molecule has 140 valence electrons. The Bertz CT molecular complexity index is 1370. The average molecular weight is 457 g/mol. The van der Waals surface area contributed by atoms with E-state index in [9.17, 15) is 4.79 Å². The van der Waals surface area contributed by atoms with Gasteiger partial charge in [-0.1, -0.05) is 82.7 Å². The predicted octanol–water partition coefficient (Wildman–Crippen LogP) is 7.91.